The molecule has 0 unspecified atom stereocenters. The van der Waals surface area contributed by atoms with Crippen molar-refractivity contribution in [1.29, 1.82) is 0 Å². The second kappa shape index (κ2) is 4.04. The Morgan fingerprint density at radius 3 is 2.63 bits per heavy atom. The molecule has 1 aliphatic heterocycles. The smallest absolute Gasteiger partial charge is 0.334 e. The molecule has 0 spiro atoms. The van der Waals surface area contributed by atoms with E-state index in [-0.39, 0.29) is 23.5 Å². The first-order valence-electron chi connectivity index (χ1n) is 6.70. The summed E-state index contributed by atoms with van der Waals surface area (Å²) in [5.41, 5.74) is 1.23. The van der Waals surface area contributed by atoms with Crippen molar-refractivity contribution >= 4 is 11.8 Å². The van der Waals surface area contributed by atoms with Crippen LogP contribution < -0.4 is 0 Å². The van der Waals surface area contributed by atoms with Crippen molar-refractivity contribution < 1.29 is 19.4 Å². The highest BCUT2D eigenvalue weighted by molar-refractivity contribution is 5.91. The summed E-state index contributed by atoms with van der Waals surface area (Å²) in [6.07, 6.45) is -0.257. The minimum Gasteiger partial charge on any atom is -0.458 e. The third-order valence-corrected chi connectivity index (χ3v) is 5.02. The van der Waals surface area contributed by atoms with Crippen LogP contribution in [0.5, 0.6) is 0 Å². The Morgan fingerprint density at radius 1 is 1.26 bits per heavy atom. The molecule has 0 aromatic heterocycles. The molecule has 0 aromatic carbocycles. The second-order valence-electron chi connectivity index (χ2n) is 5.99. The predicted molar refractivity (Wildman–Crippen MR) is 68.0 cm³/mol. The summed E-state index contributed by atoms with van der Waals surface area (Å²) < 4.78 is 5.42. The maximum Gasteiger partial charge on any atom is 0.334 e. The molecule has 1 heterocycles. The van der Waals surface area contributed by atoms with Crippen molar-refractivity contribution in [2.24, 2.45) is 23.7 Å². The number of hydrogen-bond acceptors (Lipinski definition) is 4. The number of hydrogen-bond donors (Lipinski definition) is 1. The van der Waals surface area contributed by atoms with Gasteiger partial charge in [-0.15, -0.1) is 0 Å². The van der Waals surface area contributed by atoms with Gasteiger partial charge in [0.25, 0.3) is 0 Å². The Bertz CT molecular complexity index is 492. The lowest BCUT2D eigenvalue weighted by Gasteiger charge is -2.28. The van der Waals surface area contributed by atoms with E-state index in [0.29, 0.717) is 18.4 Å². The molecule has 3 fully saturated rings. The van der Waals surface area contributed by atoms with E-state index in [2.05, 4.69) is 13.2 Å². The Kier molecular flexibility index (Phi) is 2.68. The summed E-state index contributed by atoms with van der Waals surface area (Å²) in [5.74, 6) is -0.839. The largest absolute Gasteiger partial charge is 0.458 e. The monoisotopic (exact) mass is 262 g/mol. The highest BCUT2D eigenvalue weighted by atomic mass is 16.6. The normalized spacial score (nSPS) is 45.8. The molecule has 102 valence electrons. The summed E-state index contributed by atoms with van der Waals surface area (Å²) in [6, 6.07) is 0. The van der Waals surface area contributed by atoms with Gasteiger partial charge in [0.15, 0.2) is 0 Å². The number of carbonyl (C=O) groups is 2. The fraction of sp³-hybridized carbons (Fsp3) is 0.600. The molecule has 0 aromatic rings. The molecule has 4 nitrogen and oxygen atoms in total. The van der Waals surface area contributed by atoms with Crippen LogP contribution in [0.25, 0.3) is 0 Å². The van der Waals surface area contributed by atoms with Crippen LogP contribution in [0.4, 0.5) is 0 Å². The van der Waals surface area contributed by atoms with Crippen molar-refractivity contribution in [2.75, 3.05) is 0 Å². The molecule has 0 amide bonds. The maximum atomic E-state index is 12.0. The number of aliphatic hydroxyl groups excluding tert-OH is 1. The third kappa shape index (κ3) is 1.62. The second-order valence-corrected chi connectivity index (χ2v) is 5.99. The fourth-order valence-corrected chi connectivity index (χ4v) is 3.95. The van der Waals surface area contributed by atoms with Crippen molar-refractivity contribution in [1.82, 2.24) is 0 Å². The standard InChI is InChI=1S/C15H18O4/c1-6-4-11(17)13-8(3)15(18)19-14(13)12-7(2)10(16)5-9(6)12/h7,9,11-14,17H,1,3-5H2,2H3/t7-,9+,11+,12-,13-,14-/m1/s1. The van der Waals surface area contributed by atoms with Gasteiger partial charge in [-0.3, -0.25) is 4.79 Å². The number of Topliss-reactive ketones (excluding diaryl/α,β-unsaturated/α-hetero) is 1. The van der Waals surface area contributed by atoms with E-state index >= 15 is 0 Å². The summed E-state index contributed by atoms with van der Waals surface area (Å²) in [6.45, 7) is 9.65. The Balaban J connectivity index is 2.05. The quantitative estimate of drug-likeness (QED) is 0.405. The summed E-state index contributed by atoms with van der Waals surface area (Å²) in [5, 5.41) is 10.3. The molecule has 3 aliphatic rings. The molecular formula is C15H18O4. The molecule has 0 bridgehead atoms. The third-order valence-electron chi connectivity index (χ3n) is 5.02. The highest BCUT2D eigenvalue weighted by Crippen LogP contribution is 2.51. The molecule has 2 aliphatic carbocycles. The van der Waals surface area contributed by atoms with E-state index in [0.717, 1.165) is 5.57 Å². The van der Waals surface area contributed by atoms with Crippen LogP contribution in [0.15, 0.2) is 24.3 Å². The lowest BCUT2D eigenvalue weighted by atomic mass is 9.79. The number of esters is 1. The maximum absolute atomic E-state index is 12.0. The minimum absolute atomic E-state index is 0.0193. The summed E-state index contributed by atoms with van der Waals surface area (Å²) >= 11 is 0. The minimum atomic E-state index is -0.690. The van der Waals surface area contributed by atoms with E-state index in [1.165, 1.54) is 0 Å². The summed E-state index contributed by atoms with van der Waals surface area (Å²) in [7, 11) is 0. The Morgan fingerprint density at radius 2 is 1.95 bits per heavy atom. The van der Waals surface area contributed by atoms with Crippen molar-refractivity contribution in [2.45, 2.75) is 32.0 Å². The number of aliphatic hydroxyl groups is 1. The lowest BCUT2D eigenvalue weighted by molar-refractivity contribution is -0.143. The van der Waals surface area contributed by atoms with Gasteiger partial charge in [-0.05, 0) is 12.3 Å². The lowest BCUT2D eigenvalue weighted by Crippen LogP contribution is -2.35. The average Bonchev–Trinajstić information content (AvgIpc) is 2.75. The van der Waals surface area contributed by atoms with Crippen LogP contribution in [0, 0.1) is 23.7 Å². The number of carbonyl (C=O) groups excluding carboxylic acids is 2. The Hall–Kier alpha value is -1.42. The van der Waals surface area contributed by atoms with Crippen molar-refractivity contribution in [3.63, 3.8) is 0 Å². The van der Waals surface area contributed by atoms with E-state index in [9.17, 15) is 14.7 Å². The van der Waals surface area contributed by atoms with Crippen LogP contribution in [0.1, 0.15) is 19.8 Å². The zero-order valence-electron chi connectivity index (χ0n) is 11.0. The topological polar surface area (TPSA) is 63.6 Å². The Labute approximate surface area is 112 Å². The van der Waals surface area contributed by atoms with E-state index in [1.807, 2.05) is 6.92 Å². The highest BCUT2D eigenvalue weighted by Gasteiger charge is 2.56. The van der Waals surface area contributed by atoms with Crippen LogP contribution >= 0.6 is 0 Å². The molecule has 6 atom stereocenters. The van der Waals surface area contributed by atoms with Crippen LogP contribution in [-0.2, 0) is 14.3 Å². The molecule has 1 N–H and O–H groups in total. The van der Waals surface area contributed by atoms with Gasteiger partial charge in [-0.1, -0.05) is 25.7 Å². The molecule has 2 saturated carbocycles. The van der Waals surface area contributed by atoms with Crippen LogP contribution in [-0.4, -0.2) is 29.1 Å². The predicted octanol–water partition coefficient (Wildman–Crippen LogP) is 1.25. The molecule has 3 rings (SSSR count). The molecule has 1 saturated heterocycles. The first-order chi connectivity index (χ1) is 8.91. The first kappa shape index (κ1) is 12.6. The van der Waals surface area contributed by atoms with Gasteiger partial charge in [0, 0.05) is 23.8 Å². The van der Waals surface area contributed by atoms with Crippen LogP contribution in [0.2, 0.25) is 0 Å². The molecular weight excluding hydrogens is 244 g/mol. The molecule has 4 heteroatoms. The fourth-order valence-electron chi connectivity index (χ4n) is 3.95. The molecule has 19 heavy (non-hydrogen) atoms. The average molecular weight is 262 g/mol. The number of fused-ring (bicyclic) bond motifs is 3. The number of ketones is 1. The van der Waals surface area contributed by atoms with E-state index in [1.54, 1.807) is 0 Å². The van der Waals surface area contributed by atoms with Crippen molar-refractivity contribution in [3.05, 3.63) is 24.3 Å². The van der Waals surface area contributed by atoms with E-state index in [4.69, 9.17) is 4.74 Å². The van der Waals surface area contributed by atoms with Gasteiger partial charge in [0.1, 0.15) is 11.9 Å². The van der Waals surface area contributed by atoms with Crippen molar-refractivity contribution in [3.8, 4) is 0 Å². The van der Waals surface area contributed by atoms with Gasteiger partial charge < -0.3 is 9.84 Å². The summed E-state index contributed by atoms with van der Waals surface area (Å²) in [4.78, 5) is 23.7. The van der Waals surface area contributed by atoms with Gasteiger partial charge >= 0.3 is 5.97 Å². The van der Waals surface area contributed by atoms with Gasteiger partial charge in [0.2, 0.25) is 0 Å². The van der Waals surface area contributed by atoms with Gasteiger partial charge in [-0.2, -0.15) is 0 Å². The number of rotatable bonds is 0. The molecule has 0 radical (unpaired) electrons. The zero-order valence-corrected chi connectivity index (χ0v) is 11.0. The van der Waals surface area contributed by atoms with Gasteiger partial charge in [0.05, 0.1) is 12.0 Å². The van der Waals surface area contributed by atoms with Gasteiger partial charge in [-0.25, -0.2) is 4.79 Å². The first-order valence-corrected chi connectivity index (χ1v) is 6.70. The zero-order chi connectivity index (χ0) is 13.9. The van der Waals surface area contributed by atoms with Crippen LogP contribution in [0.3, 0.4) is 0 Å². The SMILES string of the molecule is C=C1C(=O)O[C@H]2[C@H]1[C@@H](O)CC(=C)[C@@H]1CC(=O)[C@@H](C)[C@@H]21. The van der Waals surface area contributed by atoms with E-state index < -0.39 is 24.1 Å². The number of ether oxygens (including phenoxy) is 1.